The summed E-state index contributed by atoms with van der Waals surface area (Å²) < 4.78 is 240. The number of hydrogen-bond acceptors (Lipinski definition) is 37. The second kappa shape index (κ2) is 50.0. The van der Waals surface area contributed by atoms with E-state index in [0.29, 0.717) is 54.0 Å². The van der Waals surface area contributed by atoms with Crippen LogP contribution >= 0.6 is 316 Å². The van der Waals surface area contributed by atoms with Crippen LogP contribution < -0.4 is 9.47 Å². The fourth-order valence-corrected chi connectivity index (χ4v) is 25.7. The molecule has 1 saturated heterocycles. The Bertz CT molecular complexity index is 5910. The lowest BCUT2D eigenvalue weighted by atomic mass is 9.80. The molecule has 8 unspecified atom stereocenters. The van der Waals surface area contributed by atoms with Crippen molar-refractivity contribution in [1.82, 2.24) is 0 Å². The molecule has 5 aromatic rings. The first-order valence-corrected chi connectivity index (χ1v) is 57.2. The zero-order valence-electron chi connectivity index (χ0n) is 63.0. The standard InChI is InChI=1S/C18H17IO9S.C17H19IO7S.C12H6F2I4O9S.C11H8I4O7S.C10H6I4O7S/c19-11-2-1-8(16(20)26-3-4-29(23,24)25)6-13(11)28-17(21)14-9-5-10-12(7-9)27-18(22)15(10)14;18-14-4-3-12(16(19)24-5-6-26(21,22)23)9-15(14)25-17(20)13-8-10-1-2-11(13)7-10;13-12(14,28(23,24)25)2-27-3(19)1-26-11(22)5-4(10(20)21)6(15)8(17)9(18)7(5)16;1-21-10(16)4-5(7(13)9(15)8(14)6(4)12)11(17)22-2-3-23(18,19)20;11-5-3(9(15)16)4(6(12)8(14)7(5)13)10(17)21-1-2-22(18,19)20/h1-2,6,9-10,12,14-15H,3-5,7H2,(H,23,24,25);3-4,9-11,13H,1-2,5-8H2,(H,21,22,23);1-2H2,(H,20,21)(H,23,24,25);2-3H2,1H3,(H,18,19,20);1-2H2,(H,15,16)(H,18,19,20)/p-5. The van der Waals surface area contributed by atoms with Gasteiger partial charge in [0, 0.05) is 48.8 Å². The number of carboxylic acids is 2. The average molecular weight is 3470 g/mol. The van der Waals surface area contributed by atoms with Crippen molar-refractivity contribution in [3.05, 3.63) is 131 Å². The molecule has 128 heavy (non-hydrogen) atoms. The normalized spacial score (nSPS) is 18.2. The average Bonchev–Trinajstić information content (AvgIpc) is 1.56. The summed E-state index contributed by atoms with van der Waals surface area (Å²) in [6, 6.07) is 8.81. The molecule has 5 fully saturated rings. The van der Waals surface area contributed by atoms with Crippen molar-refractivity contribution in [2.24, 2.45) is 41.4 Å². The summed E-state index contributed by atoms with van der Waals surface area (Å²) in [7, 11) is -22.8. The van der Waals surface area contributed by atoms with Gasteiger partial charge < -0.3 is 80.3 Å². The van der Waals surface area contributed by atoms with Crippen LogP contribution in [0.1, 0.15) is 121 Å². The van der Waals surface area contributed by atoms with Crippen LogP contribution in [0.15, 0.2) is 36.4 Å². The van der Waals surface area contributed by atoms with Gasteiger partial charge in [0.1, 0.15) is 44.0 Å². The van der Waals surface area contributed by atoms with Gasteiger partial charge in [0.2, 0.25) is 0 Å². The minimum absolute atomic E-state index is 0.00466. The predicted octanol–water partition coefficient (Wildman–Crippen LogP) is 11.2. The van der Waals surface area contributed by atoms with Crippen molar-refractivity contribution in [1.29, 1.82) is 0 Å². The van der Waals surface area contributed by atoms with Crippen molar-refractivity contribution in [2.45, 2.75) is 49.9 Å². The van der Waals surface area contributed by atoms with Gasteiger partial charge in [0.25, 0.3) is 0 Å². The number of methoxy groups -OCH3 is 1. The number of aromatic carboxylic acids is 2. The third-order valence-corrected chi connectivity index (χ3v) is 45.7. The first-order chi connectivity index (χ1) is 59.0. The SMILES string of the molecule is COC(=O)c1c(I)c(I)c(I)c(I)c1C(=O)OCCS(=O)(=O)[O-].O=C(COC(=O)c1c(I)c(I)c(I)c(I)c1C(=O)O)OCC(F)(F)S(=O)(=O)[O-].O=C(O)c1c(I)c(I)c(I)c(I)c1C(=O)OCCS(=O)(=O)[O-].O=C(OCCS(=O)(=O)[O-])c1ccc(I)c(OC(=O)C2C3CC4OC(=O)C2C4C3)c1.O=C(OCCS(=O)(=O)[O-])c1ccc(I)c(OC(=O)C2CC3CCC2C3)c1. The number of fused-ring (bicyclic) bond motifs is 3. The smallest absolute Gasteiger partial charge is 0.367 e. The van der Waals surface area contributed by atoms with E-state index in [9.17, 15) is 141 Å². The fraction of sp³-hybridized carbons (Fsp3) is 0.382. The lowest BCUT2D eigenvalue weighted by Gasteiger charge is -2.23. The highest BCUT2D eigenvalue weighted by Gasteiger charge is 2.64. The molecule has 60 heteroatoms. The number of halogens is 16. The van der Waals surface area contributed by atoms with Crippen LogP contribution in [0.3, 0.4) is 0 Å². The van der Waals surface area contributed by atoms with Gasteiger partial charge in [-0.1, -0.05) is 6.42 Å². The summed E-state index contributed by atoms with van der Waals surface area (Å²) in [6.07, 6.45) is 5.56. The highest BCUT2D eigenvalue weighted by molar-refractivity contribution is 14.1. The molecule has 4 aliphatic carbocycles. The van der Waals surface area contributed by atoms with E-state index in [2.05, 4.69) is 9.47 Å². The highest BCUT2D eigenvalue weighted by Crippen LogP contribution is 2.58. The third-order valence-electron chi connectivity index (χ3n) is 18.1. The quantitative estimate of drug-likeness (QED) is 0.00854. The third kappa shape index (κ3) is 32.5. The van der Waals surface area contributed by atoms with E-state index in [1.54, 1.807) is 57.3 Å². The van der Waals surface area contributed by atoms with Crippen LogP contribution in [0.5, 0.6) is 11.5 Å². The van der Waals surface area contributed by atoms with Gasteiger partial charge in [0.15, 0.2) is 23.3 Å². The lowest BCUT2D eigenvalue weighted by molar-refractivity contribution is -0.153. The molecule has 5 aromatic carbocycles. The minimum Gasteiger partial charge on any atom is -0.748 e. The van der Waals surface area contributed by atoms with Gasteiger partial charge in [-0.15, -0.1) is 0 Å². The molecule has 1 heterocycles. The number of alkyl halides is 2. The molecule has 0 radical (unpaired) electrons. The van der Waals surface area contributed by atoms with Crippen LogP contribution in [-0.4, -0.2) is 228 Å². The summed E-state index contributed by atoms with van der Waals surface area (Å²) in [5.41, 5.74) is -0.836. The van der Waals surface area contributed by atoms with Crippen LogP contribution in [-0.2, 0) is 108 Å². The summed E-state index contributed by atoms with van der Waals surface area (Å²) in [6.45, 7) is -5.55. The Labute approximate surface area is 915 Å². The van der Waals surface area contributed by atoms with Gasteiger partial charge >= 0.3 is 76.9 Å². The number of ether oxygens (including phenoxy) is 10. The molecule has 4 saturated carbocycles. The summed E-state index contributed by atoms with van der Waals surface area (Å²) in [5, 5.41) is 13.9. The van der Waals surface area contributed by atoms with Crippen molar-refractivity contribution >= 4 is 438 Å². The molecule has 39 nitrogen and oxygen atoms in total. The number of hydrogen-bond donors (Lipinski definition) is 2. The van der Waals surface area contributed by atoms with E-state index in [4.69, 9.17) is 37.9 Å². The zero-order valence-corrected chi connectivity index (χ0v) is 97.3. The monoisotopic (exact) mass is 3470 g/mol. The highest BCUT2D eigenvalue weighted by atomic mass is 127. The molecule has 10 rings (SSSR count). The van der Waals surface area contributed by atoms with Gasteiger partial charge in [-0.05, 0) is 403 Å². The molecule has 0 aromatic heterocycles. The molecule has 0 spiro atoms. The van der Waals surface area contributed by atoms with Gasteiger partial charge in [-0.25, -0.2) is 85.2 Å². The molecule has 8 atom stereocenters. The van der Waals surface area contributed by atoms with E-state index < -0.39 is 190 Å². The van der Waals surface area contributed by atoms with Gasteiger partial charge in [0.05, 0.1) is 140 Å². The van der Waals surface area contributed by atoms with E-state index in [1.165, 1.54) is 37.8 Å². The molecule has 4 bridgehead atoms. The van der Waals surface area contributed by atoms with E-state index in [-0.39, 0.29) is 98.9 Å². The van der Waals surface area contributed by atoms with Crippen molar-refractivity contribution in [3.63, 3.8) is 0 Å². The van der Waals surface area contributed by atoms with Gasteiger partial charge in [-0.2, -0.15) is 8.78 Å². The van der Waals surface area contributed by atoms with Crippen molar-refractivity contribution in [3.8, 4) is 11.5 Å². The molecule has 0 amide bonds. The number of carboxylic acid groups (broad SMARTS) is 2. The Balaban J connectivity index is 0.000000248. The molecule has 704 valence electrons. The maximum absolute atomic E-state index is 12.9. The molecular formula is C68H51F2I14O39S5-5. The Kier molecular flexibility index (Phi) is 45.3. The first-order valence-electron chi connectivity index (χ1n) is 34.4. The Morgan fingerprint density at radius 2 is 0.789 bits per heavy atom. The minimum atomic E-state index is -6.04. The second-order valence-corrected chi connectivity index (χ2v) is 49.2. The number of carbonyl (C=O) groups is 12. The van der Waals surface area contributed by atoms with Crippen LogP contribution in [0.4, 0.5) is 8.78 Å². The molecule has 5 aliphatic rings. The number of rotatable bonds is 29. The maximum atomic E-state index is 12.9. The maximum Gasteiger partial charge on any atom is 0.367 e. The summed E-state index contributed by atoms with van der Waals surface area (Å²) in [5.74, 6) is -13.7. The van der Waals surface area contributed by atoms with E-state index in [1.807, 2.05) is 271 Å². The zero-order chi connectivity index (χ0) is 97.0. The van der Waals surface area contributed by atoms with Crippen molar-refractivity contribution < 1.29 is 189 Å². The molecule has 1 aliphatic heterocycles. The van der Waals surface area contributed by atoms with Gasteiger partial charge in [-0.3, -0.25) is 14.4 Å². The Hall–Kier alpha value is -0.630. The van der Waals surface area contributed by atoms with Crippen LogP contribution in [0.2, 0.25) is 0 Å². The summed E-state index contributed by atoms with van der Waals surface area (Å²) in [4.78, 5) is 144. The topological polar surface area (TPSA) is 624 Å². The fourth-order valence-electron chi connectivity index (χ4n) is 12.5. The number of esters is 10. The Morgan fingerprint density at radius 1 is 0.438 bits per heavy atom. The lowest BCUT2D eigenvalue weighted by Crippen LogP contribution is -2.35. The van der Waals surface area contributed by atoms with Crippen molar-refractivity contribution in [2.75, 3.05) is 69.8 Å². The predicted molar refractivity (Wildman–Crippen MR) is 544 cm³/mol. The Morgan fingerprint density at radius 3 is 1.13 bits per heavy atom. The molecular weight excluding hydrogens is 3420 g/mol. The second-order valence-electron chi connectivity index (χ2n) is 26.4. The van der Waals surface area contributed by atoms with Crippen LogP contribution in [0.25, 0.3) is 0 Å². The van der Waals surface area contributed by atoms with Crippen LogP contribution in [0, 0.1) is 91.4 Å². The van der Waals surface area contributed by atoms with E-state index >= 15 is 0 Å². The first kappa shape index (κ1) is 116. The largest absolute Gasteiger partial charge is 0.748 e. The number of carbonyl (C=O) groups excluding carboxylic acids is 10. The summed E-state index contributed by atoms with van der Waals surface area (Å²) >= 11 is 26.7. The van der Waals surface area contributed by atoms with E-state index in [0.717, 1.165) is 32.8 Å². The number of benzene rings is 5. The molecule has 2 N–H and O–H groups in total.